The molecule has 0 bridgehead atoms. The monoisotopic (exact) mass is 518 g/mol. The van der Waals surface area contributed by atoms with Gasteiger partial charge in [0, 0.05) is 5.75 Å². The number of nitrogens with one attached hydrogen (secondary N) is 4. The molecular weight excluding hydrogens is 484 g/mol. The largest absolute Gasteiger partial charge is 0.480 e. The molecule has 0 aromatic rings. The van der Waals surface area contributed by atoms with Crippen LogP contribution in [0.5, 0.6) is 0 Å². The maximum absolute atomic E-state index is 12.9. The molecule has 0 aliphatic rings. The van der Waals surface area contributed by atoms with Gasteiger partial charge in [-0.2, -0.15) is 12.6 Å². The first kappa shape index (κ1) is 31.7. The normalized spacial score (nSPS) is 13.4. The molecule has 0 spiro atoms. The summed E-state index contributed by atoms with van der Waals surface area (Å²) >= 11 is 3.83. The van der Waals surface area contributed by atoms with Gasteiger partial charge < -0.3 is 42.6 Å². The number of aliphatic carboxylic acids is 1. The first-order valence-corrected chi connectivity index (χ1v) is 11.2. The Balaban J connectivity index is 5.45. The van der Waals surface area contributed by atoms with E-state index in [0.717, 1.165) is 0 Å². The maximum Gasteiger partial charge on any atom is 0.408 e. The molecule has 0 aliphatic heterocycles. The van der Waals surface area contributed by atoms with Crippen molar-refractivity contribution < 1.29 is 38.6 Å². The lowest BCUT2D eigenvalue weighted by molar-refractivity contribution is -0.142. The van der Waals surface area contributed by atoms with Crippen molar-refractivity contribution in [3.8, 4) is 0 Å². The topological polar surface area (TPSA) is 232 Å². The first-order chi connectivity index (χ1) is 16.3. The highest BCUT2D eigenvalue weighted by molar-refractivity contribution is 7.80. The molecule has 0 heterocycles. The molecule has 0 aromatic carbocycles. The third-order valence-electron chi connectivity index (χ3n) is 4.47. The molecular formula is C20H34N6O8S. The van der Waals surface area contributed by atoms with Crippen LogP contribution in [-0.4, -0.2) is 83.4 Å². The van der Waals surface area contributed by atoms with E-state index in [1.165, 1.54) is 19.9 Å². The summed E-state index contributed by atoms with van der Waals surface area (Å²) in [5.41, 5.74) is 9.00. The molecule has 14 nitrogen and oxygen atoms in total. The average molecular weight is 519 g/mol. The Labute approximate surface area is 208 Å². The van der Waals surface area contributed by atoms with Crippen molar-refractivity contribution in [3.05, 3.63) is 12.7 Å². The van der Waals surface area contributed by atoms with Gasteiger partial charge >= 0.3 is 12.1 Å². The highest BCUT2D eigenvalue weighted by atomic mass is 32.1. The number of ether oxygens (including phenoxy) is 1. The fourth-order valence-electron chi connectivity index (χ4n) is 2.57. The lowest BCUT2D eigenvalue weighted by Crippen LogP contribution is -2.62. The first-order valence-electron chi connectivity index (χ1n) is 10.6. The highest BCUT2D eigenvalue weighted by Gasteiger charge is 2.36. The molecule has 0 radical (unpaired) electrons. The third-order valence-corrected chi connectivity index (χ3v) is 4.83. The third kappa shape index (κ3) is 12.1. The summed E-state index contributed by atoms with van der Waals surface area (Å²) < 4.78 is 4.81. The number of primary amides is 1. The Hall–Kier alpha value is -3.33. The number of nitrogens with two attached hydrogens (primary N) is 2. The fourth-order valence-corrected chi connectivity index (χ4v) is 2.82. The van der Waals surface area contributed by atoms with Crippen LogP contribution in [0.1, 0.15) is 33.1 Å². The van der Waals surface area contributed by atoms with Gasteiger partial charge in [-0.25, -0.2) is 9.59 Å². The second kappa shape index (κ2) is 15.5. The lowest BCUT2D eigenvalue weighted by Gasteiger charge is -2.30. The van der Waals surface area contributed by atoms with E-state index >= 15 is 0 Å². The summed E-state index contributed by atoms with van der Waals surface area (Å²) in [6, 6.07) is -3.97. The van der Waals surface area contributed by atoms with E-state index in [1.807, 2.05) is 0 Å². The van der Waals surface area contributed by atoms with Crippen LogP contribution in [0.15, 0.2) is 12.7 Å². The van der Waals surface area contributed by atoms with Gasteiger partial charge in [0.15, 0.2) is 0 Å². The van der Waals surface area contributed by atoms with E-state index in [1.54, 1.807) is 0 Å². The van der Waals surface area contributed by atoms with Gasteiger partial charge in [-0.15, -0.1) is 0 Å². The van der Waals surface area contributed by atoms with E-state index in [0.29, 0.717) is 6.42 Å². The molecule has 0 rings (SSSR count). The van der Waals surface area contributed by atoms with E-state index in [9.17, 15) is 28.8 Å². The van der Waals surface area contributed by atoms with E-state index < -0.39 is 65.8 Å². The zero-order chi connectivity index (χ0) is 27.2. The van der Waals surface area contributed by atoms with E-state index in [2.05, 4.69) is 40.5 Å². The van der Waals surface area contributed by atoms with Gasteiger partial charge in [-0.05, 0) is 33.2 Å². The number of hydrogen-bond acceptors (Lipinski definition) is 9. The Morgan fingerprint density at radius 2 is 1.69 bits per heavy atom. The molecule has 0 aliphatic carbocycles. The quantitative estimate of drug-likeness (QED) is 0.0814. The van der Waals surface area contributed by atoms with Crippen LogP contribution >= 0.6 is 12.6 Å². The SMILES string of the molecule is C=CCOC(=O)N[C@@H](CCCN)C(=O)NC(C)(C)C(=O)N[C@@H](CC(N)=O)C(=O)N[C@@H](CS)C(=O)O. The number of carboxylic acids is 1. The molecule has 198 valence electrons. The van der Waals surface area contributed by atoms with Gasteiger partial charge in [-0.3, -0.25) is 19.2 Å². The van der Waals surface area contributed by atoms with Crippen molar-refractivity contribution in [2.24, 2.45) is 11.5 Å². The van der Waals surface area contributed by atoms with Crippen LogP contribution in [0, 0.1) is 0 Å². The summed E-state index contributed by atoms with van der Waals surface area (Å²) in [6.45, 7) is 6.22. The minimum atomic E-state index is -1.63. The zero-order valence-corrected chi connectivity index (χ0v) is 20.6. The number of carbonyl (C=O) groups excluding carboxylic acids is 5. The molecule has 0 aromatic heterocycles. The number of carboxylic acid groups (broad SMARTS) is 1. The van der Waals surface area contributed by atoms with Gasteiger partial charge in [0.05, 0.1) is 6.42 Å². The van der Waals surface area contributed by atoms with Crippen molar-refractivity contribution in [1.29, 1.82) is 0 Å². The number of thiol groups is 1. The van der Waals surface area contributed by atoms with Crippen LogP contribution in [0.4, 0.5) is 4.79 Å². The lowest BCUT2D eigenvalue weighted by atomic mass is 10.0. The fraction of sp³-hybridized carbons (Fsp3) is 0.600. The molecule has 0 saturated carbocycles. The summed E-state index contributed by atoms with van der Waals surface area (Å²) in [4.78, 5) is 72.5. The van der Waals surface area contributed by atoms with Crippen molar-refractivity contribution in [3.63, 3.8) is 0 Å². The van der Waals surface area contributed by atoms with Gasteiger partial charge in [-0.1, -0.05) is 12.7 Å². The summed E-state index contributed by atoms with van der Waals surface area (Å²) in [6.07, 6.45) is 0.366. The van der Waals surface area contributed by atoms with E-state index in [-0.39, 0.29) is 25.3 Å². The van der Waals surface area contributed by atoms with Gasteiger partial charge in [0.2, 0.25) is 23.6 Å². The maximum atomic E-state index is 12.9. The minimum Gasteiger partial charge on any atom is -0.480 e. The second-order valence-electron chi connectivity index (χ2n) is 7.91. The van der Waals surface area contributed by atoms with Crippen LogP contribution in [0.25, 0.3) is 0 Å². The smallest absolute Gasteiger partial charge is 0.408 e. The van der Waals surface area contributed by atoms with Gasteiger partial charge in [0.1, 0.15) is 30.3 Å². The summed E-state index contributed by atoms with van der Waals surface area (Å²) in [5, 5.41) is 18.3. The highest BCUT2D eigenvalue weighted by Crippen LogP contribution is 2.08. The van der Waals surface area contributed by atoms with Crippen LogP contribution < -0.4 is 32.7 Å². The average Bonchev–Trinajstić information content (AvgIpc) is 2.76. The van der Waals surface area contributed by atoms with Crippen molar-refractivity contribution >= 4 is 48.3 Å². The minimum absolute atomic E-state index is 0.0791. The Kier molecular flexibility index (Phi) is 14.1. The van der Waals surface area contributed by atoms with Crippen LogP contribution in [0.2, 0.25) is 0 Å². The number of alkyl carbamates (subject to hydrolysis) is 1. The number of rotatable bonds is 16. The Morgan fingerprint density at radius 3 is 2.17 bits per heavy atom. The molecule has 35 heavy (non-hydrogen) atoms. The molecule has 0 saturated heterocycles. The Bertz CT molecular complexity index is 806. The molecule has 0 unspecified atom stereocenters. The molecule has 15 heteroatoms. The van der Waals surface area contributed by atoms with Crippen molar-refractivity contribution in [2.75, 3.05) is 18.9 Å². The predicted molar refractivity (Wildman–Crippen MR) is 128 cm³/mol. The predicted octanol–water partition coefficient (Wildman–Crippen LogP) is -2.24. The van der Waals surface area contributed by atoms with Gasteiger partial charge in [0.25, 0.3) is 0 Å². The van der Waals surface area contributed by atoms with E-state index in [4.69, 9.17) is 21.3 Å². The Morgan fingerprint density at radius 1 is 1.06 bits per heavy atom. The number of hydrogen-bond donors (Lipinski definition) is 8. The second-order valence-corrected chi connectivity index (χ2v) is 8.27. The number of carbonyl (C=O) groups is 6. The molecule has 3 atom stereocenters. The van der Waals surface area contributed by atoms with Crippen molar-refractivity contribution in [2.45, 2.75) is 56.8 Å². The molecule has 5 amide bonds. The standard InChI is InChI=1S/C20H34N6O8S/c1-4-8-34-19(33)25-11(6-5-7-21)16(29)26-20(2,3)18(32)24-12(9-14(22)27)15(28)23-13(10-35)17(30)31/h4,11-13,35H,1,5-10,21H2,2-3H3,(H2,22,27)(H,23,28)(H,24,32)(H,25,33)(H,26,29)(H,30,31)/t11-,12-,13-/m0/s1. The van der Waals surface area contributed by atoms with Crippen molar-refractivity contribution in [1.82, 2.24) is 21.3 Å². The summed E-state index contributed by atoms with van der Waals surface area (Å²) in [7, 11) is 0. The van der Waals surface area contributed by atoms with Crippen LogP contribution in [0.3, 0.4) is 0 Å². The van der Waals surface area contributed by atoms with Crippen LogP contribution in [-0.2, 0) is 28.7 Å². The number of amides is 5. The summed E-state index contributed by atoms with van der Waals surface area (Å²) in [5.74, 6) is -5.13. The zero-order valence-electron chi connectivity index (χ0n) is 19.7. The molecule has 9 N–H and O–H groups in total. The molecule has 0 fully saturated rings.